The molecule has 21 heavy (non-hydrogen) atoms. The van der Waals surface area contributed by atoms with Crippen molar-refractivity contribution in [2.24, 2.45) is 0 Å². The minimum Gasteiger partial charge on any atom is -0.388 e. The summed E-state index contributed by atoms with van der Waals surface area (Å²) in [6.07, 6.45) is 0.756. The fourth-order valence-corrected chi connectivity index (χ4v) is 3.29. The molecule has 4 rings (SSSR count). The summed E-state index contributed by atoms with van der Waals surface area (Å²) in [7, 11) is 0. The number of β-amino-alcohol motifs (C(OH)–C–C–N with tert-alkyl or cyclic N) is 1. The second-order valence-corrected chi connectivity index (χ2v) is 6.45. The van der Waals surface area contributed by atoms with Crippen LogP contribution in [0.4, 0.5) is 5.82 Å². The van der Waals surface area contributed by atoms with E-state index in [4.69, 9.17) is 0 Å². The fourth-order valence-electron chi connectivity index (χ4n) is 2.66. The summed E-state index contributed by atoms with van der Waals surface area (Å²) in [5, 5.41) is 27.2. The quantitative estimate of drug-likeness (QED) is 0.782. The summed E-state index contributed by atoms with van der Waals surface area (Å²) < 4.78 is 1.77. The van der Waals surface area contributed by atoms with Gasteiger partial charge >= 0.3 is 0 Å². The summed E-state index contributed by atoms with van der Waals surface area (Å²) in [4.78, 5) is 2.09. The van der Waals surface area contributed by atoms with Gasteiger partial charge in [0.1, 0.15) is 5.82 Å². The van der Waals surface area contributed by atoms with E-state index in [1.807, 2.05) is 35.9 Å². The summed E-state index contributed by atoms with van der Waals surface area (Å²) in [5.74, 6) is 1.59. The van der Waals surface area contributed by atoms with Crippen LogP contribution < -0.4 is 4.90 Å². The van der Waals surface area contributed by atoms with Crippen molar-refractivity contribution in [1.29, 1.82) is 0 Å². The molecule has 0 bridgehead atoms. The highest BCUT2D eigenvalue weighted by atomic mass is 32.1. The highest BCUT2D eigenvalue weighted by Gasteiger charge is 2.32. The third-order valence-corrected chi connectivity index (χ3v) is 4.49. The molecule has 3 aromatic heterocycles. The average Bonchev–Trinajstić information content (AvgIpc) is 3.15. The SMILES string of the molecule is CC1(O)CCN(c2ccc3nnc(-c4ccsc4)n3n2)C1. The second-order valence-electron chi connectivity index (χ2n) is 5.67. The first-order valence-corrected chi connectivity index (χ1v) is 7.79. The van der Waals surface area contributed by atoms with Gasteiger partial charge in [-0.15, -0.1) is 15.3 Å². The Balaban J connectivity index is 1.77. The van der Waals surface area contributed by atoms with E-state index in [2.05, 4.69) is 20.2 Å². The van der Waals surface area contributed by atoms with Crippen LogP contribution in [0.15, 0.2) is 29.0 Å². The number of anilines is 1. The molecular formula is C14H15N5OS. The molecule has 0 spiro atoms. The monoisotopic (exact) mass is 301 g/mol. The summed E-state index contributed by atoms with van der Waals surface area (Å²) >= 11 is 1.62. The Bertz CT molecular complexity index is 780. The second kappa shape index (κ2) is 4.51. The van der Waals surface area contributed by atoms with Crippen LogP contribution in [0, 0.1) is 0 Å². The molecule has 0 saturated carbocycles. The smallest absolute Gasteiger partial charge is 0.186 e. The molecule has 1 aliphatic heterocycles. The zero-order valence-electron chi connectivity index (χ0n) is 11.6. The average molecular weight is 301 g/mol. The lowest BCUT2D eigenvalue weighted by Crippen LogP contribution is -2.30. The summed E-state index contributed by atoms with van der Waals surface area (Å²) in [6, 6.07) is 5.86. The van der Waals surface area contributed by atoms with Gasteiger partial charge in [-0.3, -0.25) is 0 Å². The van der Waals surface area contributed by atoms with Gasteiger partial charge in [-0.1, -0.05) is 0 Å². The predicted molar refractivity (Wildman–Crippen MR) is 81.5 cm³/mol. The third-order valence-electron chi connectivity index (χ3n) is 3.80. The first-order valence-electron chi connectivity index (χ1n) is 6.85. The van der Waals surface area contributed by atoms with Crippen molar-refractivity contribution in [3.63, 3.8) is 0 Å². The van der Waals surface area contributed by atoms with E-state index in [9.17, 15) is 5.11 Å². The van der Waals surface area contributed by atoms with Crippen LogP contribution in [0.3, 0.4) is 0 Å². The zero-order chi connectivity index (χ0) is 14.4. The number of aromatic nitrogens is 4. The van der Waals surface area contributed by atoms with Crippen LogP contribution in [0.2, 0.25) is 0 Å². The topological polar surface area (TPSA) is 66.5 Å². The predicted octanol–water partition coefficient (Wildman–Crippen LogP) is 1.81. The Hall–Kier alpha value is -1.99. The first-order chi connectivity index (χ1) is 10.1. The highest BCUT2D eigenvalue weighted by molar-refractivity contribution is 7.08. The molecule has 3 aromatic rings. The molecule has 4 heterocycles. The largest absolute Gasteiger partial charge is 0.388 e. The number of fused-ring (bicyclic) bond motifs is 1. The lowest BCUT2D eigenvalue weighted by atomic mass is 10.1. The first kappa shape index (κ1) is 12.7. The maximum Gasteiger partial charge on any atom is 0.186 e. The molecule has 0 aliphatic carbocycles. The van der Waals surface area contributed by atoms with Gasteiger partial charge in [0.25, 0.3) is 0 Å². The van der Waals surface area contributed by atoms with Gasteiger partial charge in [-0.25, -0.2) is 0 Å². The highest BCUT2D eigenvalue weighted by Crippen LogP contribution is 2.26. The molecule has 6 nitrogen and oxygen atoms in total. The van der Waals surface area contributed by atoms with Crippen LogP contribution in [-0.4, -0.2) is 43.6 Å². The van der Waals surface area contributed by atoms with Crippen LogP contribution in [0.25, 0.3) is 17.0 Å². The minimum atomic E-state index is -0.639. The van der Waals surface area contributed by atoms with Crippen molar-refractivity contribution in [2.45, 2.75) is 18.9 Å². The van der Waals surface area contributed by atoms with Gasteiger partial charge in [0, 0.05) is 24.0 Å². The molecule has 1 N–H and O–H groups in total. The number of nitrogens with zero attached hydrogens (tertiary/aromatic N) is 5. The Kier molecular flexibility index (Phi) is 2.73. The standard InChI is InChI=1S/C14H15N5OS/c1-14(20)5-6-18(9-14)12-3-2-11-15-16-13(19(11)17-12)10-4-7-21-8-10/h2-4,7-8,20H,5-6,9H2,1H3. The van der Waals surface area contributed by atoms with Crippen molar-refractivity contribution >= 4 is 22.8 Å². The maximum absolute atomic E-state index is 10.1. The van der Waals surface area contributed by atoms with E-state index < -0.39 is 5.60 Å². The zero-order valence-corrected chi connectivity index (χ0v) is 12.4. The Morgan fingerprint density at radius 2 is 2.19 bits per heavy atom. The van der Waals surface area contributed by atoms with Crippen LogP contribution in [0.5, 0.6) is 0 Å². The van der Waals surface area contributed by atoms with E-state index in [1.54, 1.807) is 15.9 Å². The van der Waals surface area contributed by atoms with E-state index in [1.165, 1.54) is 0 Å². The molecule has 1 aliphatic rings. The van der Waals surface area contributed by atoms with Gasteiger partial charge in [-0.05, 0) is 36.9 Å². The number of rotatable bonds is 2. The normalized spacial score (nSPS) is 22.3. The number of hydrogen-bond donors (Lipinski definition) is 1. The molecule has 1 saturated heterocycles. The van der Waals surface area contributed by atoms with Gasteiger partial charge < -0.3 is 10.0 Å². The molecule has 1 atom stereocenters. The van der Waals surface area contributed by atoms with Gasteiger partial charge in [0.2, 0.25) is 0 Å². The van der Waals surface area contributed by atoms with E-state index in [0.29, 0.717) is 6.54 Å². The number of thiophene rings is 1. The lowest BCUT2D eigenvalue weighted by molar-refractivity contribution is 0.0839. The molecule has 7 heteroatoms. The van der Waals surface area contributed by atoms with Crippen LogP contribution in [-0.2, 0) is 0 Å². The van der Waals surface area contributed by atoms with Crippen molar-refractivity contribution < 1.29 is 5.11 Å². The summed E-state index contributed by atoms with van der Waals surface area (Å²) in [6.45, 7) is 3.27. The molecule has 0 radical (unpaired) electrons. The number of aliphatic hydroxyl groups is 1. The van der Waals surface area contributed by atoms with Crippen LogP contribution >= 0.6 is 11.3 Å². The van der Waals surface area contributed by atoms with Crippen LogP contribution in [0.1, 0.15) is 13.3 Å². The van der Waals surface area contributed by atoms with Crippen molar-refractivity contribution in [1.82, 2.24) is 19.8 Å². The molecule has 1 fully saturated rings. The third kappa shape index (κ3) is 2.18. The van der Waals surface area contributed by atoms with E-state index in [0.717, 1.165) is 35.8 Å². The molecular weight excluding hydrogens is 286 g/mol. The Labute approximate surface area is 125 Å². The van der Waals surface area contributed by atoms with E-state index >= 15 is 0 Å². The maximum atomic E-state index is 10.1. The van der Waals surface area contributed by atoms with Crippen molar-refractivity contribution in [2.75, 3.05) is 18.0 Å². The van der Waals surface area contributed by atoms with E-state index in [-0.39, 0.29) is 0 Å². The lowest BCUT2D eigenvalue weighted by Gasteiger charge is -2.19. The van der Waals surface area contributed by atoms with Crippen molar-refractivity contribution in [3.8, 4) is 11.4 Å². The Morgan fingerprint density at radius 3 is 2.90 bits per heavy atom. The van der Waals surface area contributed by atoms with Crippen molar-refractivity contribution in [3.05, 3.63) is 29.0 Å². The fraction of sp³-hybridized carbons (Fsp3) is 0.357. The molecule has 108 valence electrons. The molecule has 0 amide bonds. The molecule has 0 aromatic carbocycles. The minimum absolute atomic E-state index is 0.599. The van der Waals surface area contributed by atoms with Gasteiger partial charge in [0.05, 0.1) is 5.60 Å². The Morgan fingerprint density at radius 1 is 1.29 bits per heavy atom. The van der Waals surface area contributed by atoms with Gasteiger partial charge in [0.15, 0.2) is 11.5 Å². The number of hydrogen-bond acceptors (Lipinski definition) is 6. The van der Waals surface area contributed by atoms with Gasteiger partial charge in [-0.2, -0.15) is 15.9 Å². The summed E-state index contributed by atoms with van der Waals surface area (Å²) in [5.41, 5.74) is 1.11. The molecule has 1 unspecified atom stereocenters.